The van der Waals surface area contributed by atoms with Gasteiger partial charge in [-0.25, -0.2) is 9.67 Å². The highest BCUT2D eigenvalue weighted by atomic mass is 16.5. The second kappa shape index (κ2) is 17.1. The van der Waals surface area contributed by atoms with Gasteiger partial charge >= 0.3 is 0 Å². The third kappa shape index (κ3) is 9.47. The Hall–Kier alpha value is -6.78. The zero-order chi connectivity index (χ0) is 39.8. The lowest BCUT2D eigenvalue weighted by molar-refractivity contribution is -0.133. The lowest BCUT2D eigenvalue weighted by atomic mass is 10.00. The molecule has 2 aliphatic heterocycles. The number of benzene rings is 2. The number of aromatic amines is 1. The molecule has 5 N–H and O–H groups in total. The van der Waals surface area contributed by atoms with Crippen molar-refractivity contribution in [3.63, 3.8) is 0 Å². The summed E-state index contributed by atoms with van der Waals surface area (Å²) in [4.78, 5) is 63.4. The zero-order valence-corrected chi connectivity index (χ0v) is 31.7. The van der Waals surface area contributed by atoms with E-state index in [0.29, 0.717) is 46.7 Å². The molecule has 5 aromatic rings. The molecule has 0 aliphatic carbocycles. The summed E-state index contributed by atoms with van der Waals surface area (Å²) in [5.74, 6) is 0.359. The summed E-state index contributed by atoms with van der Waals surface area (Å²) < 4.78 is 18.1. The van der Waals surface area contributed by atoms with Crippen molar-refractivity contribution >= 4 is 23.6 Å². The van der Waals surface area contributed by atoms with Gasteiger partial charge in [-0.15, -0.1) is 0 Å². The minimum Gasteiger partial charge on any atom is -0.493 e. The van der Waals surface area contributed by atoms with Crippen LogP contribution in [0.3, 0.4) is 0 Å². The maximum absolute atomic E-state index is 14.0. The summed E-state index contributed by atoms with van der Waals surface area (Å²) in [5.41, 5.74) is 1.25. The molecule has 2 aliphatic rings. The van der Waals surface area contributed by atoms with Crippen molar-refractivity contribution in [1.82, 2.24) is 51.2 Å². The largest absolute Gasteiger partial charge is 0.493 e. The van der Waals surface area contributed by atoms with E-state index in [9.17, 15) is 19.2 Å². The van der Waals surface area contributed by atoms with Crippen LogP contribution >= 0.6 is 0 Å². The van der Waals surface area contributed by atoms with Gasteiger partial charge < -0.3 is 35.5 Å². The molecule has 56 heavy (non-hydrogen) atoms. The number of fused-ring (bicyclic) bond motifs is 14. The highest BCUT2D eigenvalue weighted by Crippen LogP contribution is 2.28. The van der Waals surface area contributed by atoms with Crippen LogP contribution < -0.4 is 35.5 Å². The van der Waals surface area contributed by atoms with Gasteiger partial charge in [0.1, 0.15) is 47.7 Å². The molecule has 2 aromatic carbocycles. The number of ether oxygens (including phenoxy) is 3. The Morgan fingerprint density at radius 1 is 1.00 bits per heavy atom. The third-order valence-corrected chi connectivity index (χ3v) is 9.01. The number of pyridine rings is 1. The normalized spacial score (nSPS) is 17.7. The van der Waals surface area contributed by atoms with Crippen molar-refractivity contribution in [2.45, 2.75) is 57.8 Å². The number of H-pyrrole nitrogens is 1. The Labute approximate surface area is 322 Å². The summed E-state index contributed by atoms with van der Waals surface area (Å²) in [6, 6.07) is 17.5. The van der Waals surface area contributed by atoms with Crippen LogP contribution in [-0.2, 0) is 33.8 Å². The van der Waals surface area contributed by atoms with Crippen molar-refractivity contribution in [3.8, 4) is 28.6 Å². The van der Waals surface area contributed by atoms with E-state index in [1.165, 1.54) is 4.68 Å². The van der Waals surface area contributed by atoms with E-state index in [1.54, 1.807) is 89.7 Å². The van der Waals surface area contributed by atoms with Gasteiger partial charge in [-0.1, -0.05) is 24.3 Å². The average molecular weight is 765 g/mol. The maximum atomic E-state index is 14.0. The molecule has 2 atom stereocenters. The fraction of sp³-hybridized carbons (Fsp3) is 0.333. The highest BCUT2D eigenvalue weighted by Gasteiger charge is 2.35. The molecule has 0 fully saturated rings. The van der Waals surface area contributed by atoms with Gasteiger partial charge in [0.15, 0.2) is 17.3 Å². The molecule has 2 bridgehead atoms. The Morgan fingerprint density at radius 3 is 2.52 bits per heavy atom. The van der Waals surface area contributed by atoms with Crippen molar-refractivity contribution in [1.29, 1.82) is 0 Å². The minimum atomic E-state index is -1.46. The first-order valence-electron chi connectivity index (χ1n) is 18.0. The van der Waals surface area contributed by atoms with Crippen LogP contribution in [0.25, 0.3) is 11.4 Å². The number of nitrogens with one attached hydrogen (secondary N) is 5. The quantitative estimate of drug-likeness (QED) is 0.162. The van der Waals surface area contributed by atoms with Crippen molar-refractivity contribution < 1.29 is 33.4 Å². The number of nitrogens with zero attached hydrogens (tertiary/aromatic N) is 5. The summed E-state index contributed by atoms with van der Waals surface area (Å²) >= 11 is 0. The number of hydrogen-bond donors (Lipinski definition) is 5. The summed E-state index contributed by atoms with van der Waals surface area (Å²) in [5, 5.41) is 22.9. The topological polar surface area (TPSA) is 216 Å². The molecule has 0 radical (unpaired) electrons. The summed E-state index contributed by atoms with van der Waals surface area (Å²) in [7, 11) is 3.10. The molecule has 5 heterocycles. The van der Waals surface area contributed by atoms with Gasteiger partial charge in [0.05, 0.1) is 32.5 Å². The van der Waals surface area contributed by atoms with E-state index in [0.717, 1.165) is 11.1 Å². The molecule has 4 amide bonds. The monoisotopic (exact) mass is 764 g/mol. The van der Waals surface area contributed by atoms with E-state index in [-0.39, 0.29) is 37.7 Å². The van der Waals surface area contributed by atoms with Crippen molar-refractivity contribution in [2.24, 2.45) is 0 Å². The SMILES string of the molecule is COc1ccc(Cc2nc3n(n2)CC(=O)NCCOc2ccc(cc2)C[C@H](NC(=O)c2cc(-c4ccccn4)n[nH]2)C(=O)NC(C)(C)C(=O)N[C@@H]3C)cc1OC. The van der Waals surface area contributed by atoms with Crippen LogP contribution in [0, 0.1) is 0 Å². The number of aromatic nitrogens is 6. The Bertz CT molecular complexity index is 2180. The second-order valence-electron chi connectivity index (χ2n) is 13.7. The van der Waals surface area contributed by atoms with Gasteiger partial charge in [-0.2, -0.15) is 10.2 Å². The van der Waals surface area contributed by atoms with Gasteiger partial charge in [0, 0.05) is 19.0 Å². The zero-order valence-electron chi connectivity index (χ0n) is 31.7. The minimum absolute atomic E-state index is 0.0925. The van der Waals surface area contributed by atoms with Gasteiger partial charge in [0.25, 0.3) is 5.91 Å². The number of rotatable bonds is 7. The molecular formula is C39H44N10O7. The van der Waals surface area contributed by atoms with Gasteiger partial charge in [-0.05, 0) is 74.4 Å². The molecular weight excluding hydrogens is 720 g/mol. The van der Waals surface area contributed by atoms with E-state index in [2.05, 4.69) is 41.5 Å². The summed E-state index contributed by atoms with van der Waals surface area (Å²) in [6.07, 6.45) is 2.01. The number of methoxy groups -OCH3 is 2. The Balaban J connectivity index is 1.25. The van der Waals surface area contributed by atoms with Crippen LogP contribution in [0.1, 0.15) is 60.1 Å². The Morgan fingerprint density at radius 2 is 1.79 bits per heavy atom. The fourth-order valence-corrected chi connectivity index (χ4v) is 6.02. The fourth-order valence-electron chi connectivity index (χ4n) is 6.02. The molecule has 7 rings (SSSR count). The van der Waals surface area contributed by atoms with Crippen LogP contribution in [0.15, 0.2) is 72.9 Å². The van der Waals surface area contributed by atoms with E-state index < -0.39 is 35.3 Å². The first kappa shape index (κ1) is 38.9. The van der Waals surface area contributed by atoms with E-state index in [4.69, 9.17) is 19.2 Å². The molecule has 292 valence electrons. The first-order valence-corrected chi connectivity index (χ1v) is 18.0. The van der Waals surface area contributed by atoms with Crippen LogP contribution in [-0.4, -0.2) is 92.5 Å². The molecule has 3 aromatic heterocycles. The van der Waals surface area contributed by atoms with Crippen molar-refractivity contribution in [3.05, 3.63) is 101 Å². The predicted molar refractivity (Wildman–Crippen MR) is 203 cm³/mol. The lowest BCUT2D eigenvalue weighted by Gasteiger charge is -2.29. The van der Waals surface area contributed by atoms with Crippen molar-refractivity contribution in [2.75, 3.05) is 27.4 Å². The van der Waals surface area contributed by atoms with E-state index >= 15 is 0 Å². The highest BCUT2D eigenvalue weighted by molar-refractivity contribution is 5.98. The molecule has 0 saturated heterocycles. The lowest BCUT2D eigenvalue weighted by Crippen LogP contribution is -2.59. The molecule has 17 heteroatoms. The third-order valence-electron chi connectivity index (χ3n) is 9.01. The maximum Gasteiger partial charge on any atom is 0.269 e. The molecule has 0 saturated carbocycles. The molecule has 0 unspecified atom stereocenters. The summed E-state index contributed by atoms with van der Waals surface area (Å²) in [6.45, 7) is 5.05. The van der Waals surface area contributed by atoms with Gasteiger partial charge in [-0.3, -0.25) is 29.3 Å². The first-order chi connectivity index (χ1) is 26.9. The number of amides is 4. The smallest absolute Gasteiger partial charge is 0.269 e. The average Bonchev–Trinajstić information content (AvgIpc) is 3.84. The van der Waals surface area contributed by atoms with Crippen LogP contribution in [0.2, 0.25) is 0 Å². The second-order valence-corrected chi connectivity index (χ2v) is 13.7. The number of carbonyl (C=O) groups excluding carboxylic acids is 4. The van der Waals surface area contributed by atoms with Crippen LogP contribution in [0.5, 0.6) is 17.2 Å². The predicted octanol–water partition coefficient (Wildman–Crippen LogP) is 2.29. The van der Waals surface area contributed by atoms with Crippen LogP contribution in [0.4, 0.5) is 0 Å². The van der Waals surface area contributed by atoms with Gasteiger partial charge in [0.2, 0.25) is 17.7 Å². The number of hydrogen-bond acceptors (Lipinski definition) is 11. The number of carbonyl (C=O) groups is 4. The molecule has 0 spiro atoms. The Kier molecular flexibility index (Phi) is 11.9. The standard InChI is InChI=1S/C39H44N10O7/c1-23-35-44-33(20-25-11-14-31(54-4)32(19-25)55-5)48-49(35)22-34(50)41-16-17-56-26-12-9-24(10-13-26)18-29(37(52)45-39(2,3)38(53)42-23)43-36(51)30-21-28(46-47-30)27-8-6-7-15-40-27/h6-15,19,21,23,29H,16-18,20,22H2,1-5H3,(H,41,50)(H,42,53)(H,43,51)(H,45,52)(H,46,47)/t23-,29+/m1/s1. The van der Waals surface area contributed by atoms with E-state index in [1.807, 2.05) is 18.2 Å². The molecule has 17 nitrogen and oxygen atoms in total.